The van der Waals surface area contributed by atoms with Crippen LogP contribution in [0.1, 0.15) is 71.1 Å². The van der Waals surface area contributed by atoms with Crippen LogP contribution in [0.15, 0.2) is 0 Å². The Morgan fingerprint density at radius 1 is 0.905 bits per heavy atom. The van der Waals surface area contributed by atoms with Gasteiger partial charge >= 0.3 is 0 Å². The number of nitrogens with zero attached hydrogens (tertiary/aromatic N) is 1. The van der Waals surface area contributed by atoms with E-state index < -0.39 is 0 Å². The summed E-state index contributed by atoms with van der Waals surface area (Å²) in [5.74, 6) is 2.97. The maximum Gasteiger partial charge on any atom is 0.00980 e. The first kappa shape index (κ1) is 15.8. The van der Waals surface area contributed by atoms with Crippen molar-refractivity contribution in [2.24, 2.45) is 17.8 Å². The van der Waals surface area contributed by atoms with Gasteiger partial charge in [-0.25, -0.2) is 0 Å². The molecule has 0 amide bonds. The van der Waals surface area contributed by atoms with Gasteiger partial charge in [0.2, 0.25) is 0 Å². The fraction of sp³-hybridized carbons (Fsp3) is 1.00. The summed E-state index contributed by atoms with van der Waals surface area (Å²) >= 11 is 0. The van der Waals surface area contributed by atoms with Crippen LogP contribution in [-0.4, -0.2) is 37.1 Å². The zero-order valence-corrected chi connectivity index (χ0v) is 14.2. The Morgan fingerprint density at radius 3 is 2.43 bits per heavy atom. The minimum absolute atomic E-state index is 0.845. The zero-order chi connectivity index (χ0) is 14.5. The second-order valence-electron chi connectivity index (χ2n) is 7.91. The van der Waals surface area contributed by atoms with Gasteiger partial charge in [0.15, 0.2) is 0 Å². The van der Waals surface area contributed by atoms with Crippen molar-refractivity contribution >= 4 is 0 Å². The molecule has 0 aromatic carbocycles. The topological polar surface area (TPSA) is 15.3 Å². The Morgan fingerprint density at radius 2 is 1.67 bits per heavy atom. The van der Waals surface area contributed by atoms with Crippen LogP contribution in [0.2, 0.25) is 0 Å². The summed E-state index contributed by atoms with van der Waals surface area (Å²) in [6.07, 6.45) is 14.9. The Hall–Kier alpha value is -0.0800. The summed E-state index contributed by atoms with van der Waals surface area (Å²) in [7, 11) is 0. The summed E-state index contributed by atoms with van der Waals surface area (Å²) in [5, 5.41) is 4.03. The summed E-state index contributed by atoms with van der Waals surface area (Å²) < 4.78 is 0. The van der Waals surface area contributed by atoms with Crippen LogP contribution in [0.4, 0.5) is 0 Å². The highest BCUT2D eigenvalue weighted by molar-refractivity contribution is 4.88. The highest BCUT2D eigenvalue weighted by atomic mass is 15.1. The van der Waals surface area contributed by atoms with Crippen LogP contribution in [0.3, 0.4) is 0 Å². The van der Waals surface area contributed by atoms with E-state index in [1.54, 1.807) is 0 Å². The van der Waals surface area contributed by atoms with Crippen LogP contribution < -0.4 is 5.32 Å². The molecular formula is C19H36N2. The summed E-state index contributed by atoms with van der Waals surface area (Å²) in [4.78, 5) is 2.62. The normalized spacial score (nSPS) is 36.1. The molecule has 1 saturated heterocycles. The van der Waals surface area contributed by atoms with Crippen molar-refractivity contribution in [3.63, 3.8) is 0 Å². The molecule has 1 aliphatic heterocycles. The Bertz CT molecular complexity index is 298. The minimum atomic E-state index is 0.845. The third-order valence-corrected chi connectivity index (χ3v) is 6.56. The molecule has 0 aromatic rings. The SMILES string of the molecule is CCN1CCC(CNC2CCCCC2C2CCCCC2)C1. The molecular weight excluding hydrogens is 256 g/mol. The van der Waals surface area contributed by atoms with Crippen LogP contribution >= 0.6 is 0 Å². The van der Waals surface area contributed by atoms with Gasteiger partial charge < -0.3 is 10.2 Å². The summed E-state index contributed by atoms with van der Waals surface area (Å²) in [6, 6.07) is 0.845. The van der Waals surface area contributed by atoms with E-state index in [1.807, 2.05) is 0 Å². The lowest BCUT2D eigenvalue weighted by Crippen LogP contribution is -2.44. The smallest absolute Gasteiger partial charge is 0.00980 e. The van der Waals surface area contributed by atoms with Gasteiger partial charge in [-0.3, -0.25) is 0 Å². The lowest BCUT2D eigenvalue weighted by Gasteiger charge is -2.40. The summed E-state index contributed by atoms with van der Waals surface area (Å²) in [5.41, 5.74) is 0. The van der Waals surface area contributed by atoms with Crippen molar-refractivity contribution in [2.45, 2.75) is 77.2 Å². The average Bonchev–Trinajstić information content (AvgIpc) is 3.02. The van der Waals surface area contributed by atoms with Crippen LogP contribution in [0.25, 0.3) is 0 Å². The lowest BCUT2D eigenvalue weighted by atomic mass is 9.71. The second-order valence-corrected chi connectivity index (χ2v) is 7.91. The van der Waals surface area contributed by atoms with Crippen LogP contribution in [0.5, 0.6) is 0 Å². The Labute approximate surface area is 132 Å². The molecule has 0 spiro atoms. The average molecular weight is 293 g/mol. The Balaban J connectivity index is 1.47. The molecule has 0 radical (unpaired) electrons. The highest BCUT2D eigenvalue weighted by Gasteiger charge is 2.33. The molecule has 2 heteroatoms. The number of nitrogens with one attached hydrogen (secondary N) is 1. The second kappa shape index (κ2) is 7.97. The molecule has 3 atom stereocenters. The van der Waals surface area contributed by atoms with E-state index in [2.05, 4.69) is 17.1 Å². The van der Waals surface area contributed by atoms with Crippen molar-refractivity contribution in [1.29, 1.82) is 0 Å². The number of likely N-dealkylation sites (tertiary alicyclic amines) is 1. The van der Waals surface area contributed by atoms with Crippen molar-refractivity contribution in [3.8, 4) is 0 Å². The predicted molar refractivity (Wildman–Crippen MR) is 90.5 cm³/mol. The van der Waals surface area contributed by atoms with Gasteiger partial charge in [-0.05, 0) is 56.7 Å². The van der Waals surface area contributed by atoms with Gasteiger partial charge in [-0.2, -0.15) is 0 Å². The monoisotopic (exact) mass is 292 g/mol. The molecule has 2 saturated carbocycles. The van der Waals surface area contributed by atoms with E-state index in [0.29, 0.717) is 0 Å². The molecule has 0 aromatic heterocycles. The molecule has 2 aliphatic carbocycles. The van der Waals surface area contributed by atoms with E-state index in [4.69, 9.17) is 0 Å². The molecule has 21 heavy (non-hydrogen) atoms. The van der Waals surface area contributed by atoms with E-state index in [-0.39, 0.29) is 0 Å². The van der Waals surface area contributed by atoms with Gasteiger partial charge in [-0.15, -0.1) is 0 Å². The number of hydrogen-bond donors (Lipinski definition) is 1. The largest absolute Gasteiger partial charge is 0.313 e. The molecule has 3 unspecified atom stereocenters. The van der Waals surface area contributed by atoms with Crippen molar-refractivity contribution in [3.05, 3.63) is 0 Å². The first-order chi connectivity index (χ1) is 10.4. The minimum Gasteiger partial charge on any atom is -0.313 e. The molecule has 1 heterocycles. The van der Waals surface area contributed by atoms with Gasteiger partial charge in [-0.1, -0.05) is 51.9 Å². The molecule has 3 aliphatic rings. The van der Waals surface area contributed by atoms with Gasteiger partial charge in [0.1, 0.15) is 0 Å². The fourth-order valence-corrected chi connectivity index (χ4v) is 5.22. The first-order valence-corrected chi connectivity index (χ1v) is 9.82. The fourth-order valence-electron chi connectivity index (χ4n) is 5.22. The molecule has 3 fully saturated rings. The third kappa shape index (κ3) is 4.22. The number of rotatable bonds is 5. The standard InChI is InChI=1S/C19H36N2/c1-2-21-13-12-16(15-21)14-20-19-11-7-6-10-18(19)17-8-4-3-5-9-17/h16-20H,2-15H2,1H3. The van der Waals surface area contributed by atoms with E-state index in [0.717, 1.165) is 23.8 Å². The lowest BCUT2D eigenvalue weighted by molar-refractivity contribution is 0.147. The molecule has 0 bridgehead atoms. The highest BCUT2D eigenvalue weighted by Crippen LogP contribution is 2.38. The van der Waals surface area contributed by atoms with E-state index in [9.17, 15) is 0 Å². The maximum absolute atomic E-state index is 4.03. The van der Waals surface area contributed by atoms with Crippen molar-refractivity contribution < 1.29 is 0 Å². The van der Waals surface area contributed by atoms with Gasteiger partial charge in [0, 0.05) is 12.6 Å². The van der Waals surface area contributed by atoms with Crippen LogP contribution in [0, 0.1) is 17.8 Å². The van der Waals surface area contributed by atoms with Crippen LogP contribution in [-0.2, 0) is 0 Å². The summed E-state index contributed by atoms with van der Waals surface area (Å²) in [6.45, 7) is 7.49. The number of hydrogen-bond acceptors (Lipinski definition) is 2. The van der Waals surface area contributed by atoms with Crippen molar-refractivity contribution in [1.82, 2.24) is 10.2 Å². The van der Waals surface area contributed by atoms with E-state index >= 15 is 0 Å². The van der Waals surface area contributed by atoms with Gasteiger partial charge in [0.25, 0.3) is 0 Å². The molecule has 122 valence electrons. The molecule has 3 rings (SSSR count). The third-order valence-electron chi connectivity index (χ3n) is 6.56. The molecule has 1 N–H and O–H groups in total. The predicted octanol–water partition coefficient (Wildman–Crippen LogP) is 4.06. The quantitative estimate of drug-likeness (QED) is 0.822. The van der Waals surface area contributed by atoms with Gasteiger partial charge in [0.05, 0.1) is 0 Å². The first-order valence-electron chi connectivity index (χ1n) is 9.82. The maximum atomic E-state index is 4.03. The van der Waals surface area contributed by atoms with E-state index in [1.165, 1.54) is 90.4 Å². The zero-order valence-electron chi connectivity index (χ0n) is 14.2. The van der Waals surface area contributed by atoms with Crippen molar-refractivity contribution in [2.75, 3.05) is 26.2 Å². The molecule has 2 nitrogen and oxygen atoms in total. The Kier molecular flexibility index (Phi) is 5.99.